The van der Waals surface area contributed by atoms with Gasteiger partial charge in [0.25, 0.3) is 0 Å². The predicted molar refractivity (Wildman–Crippen MR) is 177 cm³/mol. The molecule has 0 bridgehead atoms. The Hall–Kier alpha value is -0.830. The molecule has 5 aliphatic rings. The third-order valence-electron chi connectivity index (χ3n) is 15.5. The molecule has 0 radical (unpaired) electrons. The summed E-state index contributed by atoms with van der Waals surface area (Å²) in [6.07, 6.45) is 12.7. The van der Waals surface area contributed by atoms with Gasteiger partial charge in [0, 0.05) is 23.5 Å². The molecule has 2 nitrogen and oxygen atoms in total. The Labute approximate surface area is 262 Å². The first-order chi connectivity index (χ1) is 19.7. The van der Waals surface area contributed by atoms with Crippen molar-refractivity contribution in [2.24, 2.45) is 56.7 Å². The highest BCUT2D eigenvalue weighted by Gasteiger charge is 2.69. The van der Waals surface area contributed by atoms with Gasteiger partial charge < -0.3 is 10.4 Å². The maximum absolute atomic E-state index is 12.1. The van der Waals surface area contributed by atoms with E-state index in [0.717, 1.165) is 42.2 Å². The van der Waals surface area contributed by atoms with Crippen molar-refractivity contribution in [1.29, 1.82) is 0 Å². The first-order valence-electron chi connectivity index (χ1n) is 17.6. The van der Waals surface area contributed by atoms with Gasteiger partial charge in [-0.2, -0.15) is 0 Å². The van der Waals surface area contributed by atoms with E-state index in [1.807, 2.05) is 12.1 Å². The van der Waals surface area contributed by atoms with Gasteiger partial charge in [0.2, 0.25) is 0 Å². The van der Waals surface area contributed by atoms with E-state index in [0.29, 0.717) is 40.0 Å². The Kier molecular flexibility index (Phi) is 7.88. The van der Waals surface area contributed by atoms with Crippen LogP contribution in [0.3, 0.4) is 0 Å². The second-order valence-electron chi connectivity index (χ2n) is 17.4. The van der Waals surface area contributed by atoms with E-state index in [1.165, 1.54) is 56.9 Å². The summed E-state index contributed by atoms with van der Waals surface area (Å²) < 4.78 is 0. The van der Waals surface area contributed by atoms with Crippen molar-refractivity contribution < 1.29 is 5.11 Å². The Morgan fingerprint density at radius 1 is 0.857 bits per heavy atom. The molecular weight excluding hydrogens is 534 g/mol. The van der Waals surface area contributed by atoms with Crippen molar-refractivity contribution in [3.63, 3.8) is 0 Å². The Balaban J connectivity index is 1.30. The Bertz CT molecular complexity index is 1200. The molecule has 4 fully saturated rings. The highest BCUT2D eigenvalue weighted by molar-refractivity contribution is 6.30. The van der Waals surface area contributed by atoms with Crippen molar-refractivity contribution >= 4 is 11.6 Å². The van der Waals surface area contributed by atoms with E-state index in [2.05, 4.69) is 72.8 Å². The Morgan fingerprint density at radius 2 is 1.57 bits per heavy atom. The van der Waals surface area contributed by atoms with E-state index < -0.39 is 0 Å². The molecule has 0 aromatic heterocycles. The maximum Gasteiger partial charge on any atom is 0.0758 e. The molecule has 0 amide bonds. The molecule has 4 saturated carbocycles. The van der Waals surface area contributed by atoms with Gasteiger partial charge in [0.05, 0.1) is 6.10 Å². The van der Waals surface area contributed by atoms with Crippen LogP contribution in [-0.4, -0.2) is 17.8 Å². The summed E-state index contributed by atoms with van der Waals surface area (Å²) in [6.45, 7) is 22.2. The van der Waals surface area contributed by atoms with Gasteiger partial charge in [-0.05, 0) is 133 Å². The largest absolute Gasteiger partial charge is 0.391 e. The second kappa shape index (κ2) is 10.6. The van der Waals surface area contributed by atoms with Crippen LogP contribution < -0.4 is 5.32 Å². The third kappa shape index (κ3) is 4.38. The van der Waals surface area contributed by atoms with Crippen LogP contribution >= 0.6 is 11.6 Å². The fourth-order valence-corrected chi connectivity index (χ4v) is 12.7. The van der Waals surface area contributed by atoms with Gasteiger partial charge in [-0.3, -0.25) is 0 Å². The van der Waals surface area contributed by atoms with Crippen LogP contribution in [0.25, 0.3) is 0 Å². The highest BCUT2D eigenvalue weighted by atomic mass is 35.5. The average Bonchev–Trinajstić information content (AvgIpc) is 3.34. The topological polar surface area (TPSA) is 32.3 Å². The molecule has 42 heavy (non-hydrogen) atoms. The van der Waals surface area contributed by atoms with E-state index in [9.17, 15) is 5.11 Å². The number of rotatable bonds is 6. The summed E-state index contributed by atoms with van der Waals surface area (Å²) in [5, 5.41) is 16.5. The standard InChI is InChI=1S/C39H60ClNO/c1-25(2)29-16-20-39(33(42)24-41-23-27-9-11-28(40)12-10-27)22-21-37(7)30(34(29)39)13-14-32-36(6)18-15-26(3)35(4,5)31(36)17-19-38(32,37)8/h9-12,25-26,30-33,41-42H,13-24H2,1-8H3/t26-,30+,31-,32+,33?,36-,37+,38+,39+/m0/s1. The van der Waals surface area contributed by atoms with Crippen LogP contribution in [0.1, 0.15) is 125 Å². The smallest absolute Gasteiger partial charge is 0.0758 e. The minimum Gasteiger partial charge on any atom is -0.391 e. The molecule has 1 unspecified atom stereocenters. The molecule has 1 aromatic carbocycles. The lowest BCUT2D eigenvalue weighted by atomic mass is 9.32. The average molecular weight is 594 g/mol. The minimum absolute atomic E-state index is 0.0522. The van der Waals surface area contributed by atoms with Crippen molar-refractivity contribution in [2.45, 2.75) is 132 Å². The number of hydrogen-bond acceptors (Lipinski definition) is 2. The maximum atomic E-state index is 12.1. The minimum atomic E-state index is -0.333. The molecule has 0 spiro atoms. The van der Waals surface area contributed by atoms with Crippen LogP contribution in [-0.2, 0) is 6.54 Å². The first kappa shape index (κ1) is 31.2. The Morgan fingerprint density at radius 3 is 2.26 bits per heavy atom. The zero-order valence-electron chi connectivity index (χ0n) is 28.1. The first-order valence-corrected chi connectivity index (χ1v) is 17.9. The molecule has 2 N–H and O–H groups in total. The molecule has 0 aliphatic heterocycles. The normalized spacial score (nSPS) is 43.4. The SMILES string of the molecule is CC(C)C1=C2[C@H]3CC[C@@H]4[C@@]5(C)CC[C@H](C)C(C)(C)[C@@H]5CC[C@@]4(C)[C@]3(C)CC[C@@]2(C(O)CNCc2ccc(Cl)cc2)CC1. The van der Waals surface area contributed by atoms with E-state index >= 15 is 0 Å². The summed E-state index contributed by atoms with van der Waals surface area (Å²) in [6, 6.07) is 8.10. The zero-order valence-corrected chi connectivity index (χ0v) is 28.8. The number of aliphatic hydroxyl groups is 1. The van der Waals surface area contributed by atoms with E-state index in [1.54, 1.807) is 11.1 Å². The predicted octanol–water partition coefficient (Wildman–Crippen LogP) is 10.2. The van der Waals surface area contributed by atoms with Crippen molar-refractivity contribution in [1.82, 2.24) is 5.32 Å². The molecule has 234 valence electrons. The quantitative estimate of drug-likeness (QED) is 0.321. The summed E-state index contributed by atoms with van der Waals surface area (Å²) >= 11 is 6.11. The monoisotopic (exact) mass is 593 g/mol. The second-order valence-corrected chi connectivity index (χ2v) is 17.8. The van der Waals surface area contributed by atoms with Gasteiger partial charge in [0.15, 0.2) is 0 Å². The van der Waals surface area contributed by atoms with Crippen molar-refractivity contribution in [3.05, 3.63) is 46.0 Å². The molecule has 0 heterocycles. The van der Waals surface area contributed by atoms with Gasteiger partial charge in [0.1, 0.15) is 0 Å². The van der Waals surface area contributed by atoms with Crippen LogP contribution in [0.15, 0.2) is 35.4 Å². The number of halogens is 1. The summed E-state index contributed by atoms with van der Waals surface area (Å²) in [7, 11) is 0. The fourth-order valence-electron chi connectivity index (χ4n) is 12.6. The van der Waals surface area contributed by atoms with Crippen LogP contribution in [0.2, 0.25) is 5.02 Å². The van der Waals surface area contributed by atoms with E-state index in [4.69, 9.17) is 11.6 Å². The van der Waals surface area contributed by atoms with Gasteiger partial charge in [-0.25, -0.2) is 0 Å². The van der Waals surface area contributed by atoms with Gasteiger partial charge in [-0.15, -0.1) is 0 Å². The van der Waals surface area contributed by atoms with Crippen molar-refractivity contribution in [2.75, 3.05) is 6.54 Å². The lowest BCUT2D eigenvalue weighted by Gasteiger charge is -2.72. The molecule has 5 aliphatic carbocycles. The highest BCUT2D eigenvalue weighted by Crippen LogP contribution is 2.77. The number of benzene rings is 1. The number of nitrogens with one attached hydrogen (secondary N) is 1. The number of aliphatic hydroxyl groups excluding tert-OH is 1. The summed E-state index contributed by atoms with van der Waals surface area (Å²) in [4.78, 5) is 0. The van der Waals surface area contributed by atoms with Gasteiger partial charge >= 0.3 is 0 Å². The molecular formula is C39H60ClNO. The number of allylic oxidation sites excluding steroid dienone is 1. The summed E-state index contributed by atoms with van der Waals surface area (Å²) in [5.74, 6) is 3.68. The zero-order chi connectivity index (χ0) is 30.3. The van der Waals surface area contributed by atoms with E-state index in [-0.39, 0.29) is 11.5 Å². The lowest BCUT2D eigenvalue weighted by molar-refractivity contribution is -0.222. The van der Waals surface area contributed by atoms with Crippen LogP contribution in [0.5, 0.6) is 0 Å². The van der Waals surface area contributed by atoms with Crippen LogP contribution in [0, 0.1) is 56.7 Å². The fraction of sp³-hybridized carbons (Fsp3) is 0.795. The summed E-state index contributed by atoms with van der Waals surface area (Å²) in [5.41, 5.74) is 6.20. The number of hydrogen-bond donors (Lipinski definition) is 2. The molecule has 1 aromatic rings. The van der Waals surface area contributed by atoms with Gasteiger partial charge in [-0.1, -0.05) is 90.3 Å². The van der Waals surface area contributed by atoms with Crippen molar-refractivity contribution in [3.8, 4) is 0 Å². The van der Waals surface area contributed by atoms with Crippen LogP contribution in [0.4, 0.5) is 0 Å². The third-order valence-corrected chi connectivity index (χ3v) is 15.7. The molecule has 0 saturated heterocycles. The molecule has 9 atom stereocenters. The number of fused-ring (bicyclic) bond motifs is 7. The lowest BCUT2D eigenvalue weighted by Crippen LogP contribution is -2.65. The molecule has 6 rings (SSSR count). The molecule has 3 heteroatoms.